The summed E-state index contributed by atoms with van der Waals surface area (Å²) in [6.45, 7) is 5.67. The van der Waals surface area contributed by atoms with E-state index in [4.69, 9.17) is 0 Å². The van der Waals surface area contributed by atoms with E-state index in [1.807, 2.05) is 6.92 Å². The Balaban J connectivity index is -0.000000196. The van der Waals surface area contributed by atoms with Crippen LogP contribution in [0.25, 0.3) is 0 Å². The summed E-state index contributed by atoms with van der Waals surface area (Å²) in [4.78, 5) is 10.2. The number of hydrogen-bond acceptors (Lipinski definition) is 3. The lowest BCUT2D eigenvalue weighted by atomic mass is 10.5. The van der Waals surface area contributed by atoms with Crippen LogP contribution in [0.3, 0.4) is 0 Å². The van der Waals surface area contributed by atoms with Gasteiger partial charge in [-0.1, -0.05) is 13.5 Å². The van der Waals surface area contributed by atoms with Gasteiger partial charge in [-0.05, 0) is 13.5 Å². The summed E-state index contributed by atoms with van der Waals surface area (Å²) in [6.07, 6.45) is 2.02. The Morgan fingerprint density at radius 2 is 2.09 bits per heavy atom. The number of nitrogens with two attached hydrogens (primary N) is 1. The van der Waals surface area contributed by atoms with Gasteiger partial charge < -0.3 is 10.5 Å². The summed E-state index contributed by atoms with van der Waals surface area (Å²) in [7, 11) is 1.50. The van der Waals surface area contributed by atoms with Gasteiger partial charge in [0.05, 0.1) is 6.61 Å². The highest BCUT2D eigenvalue weighted by molar-refractivity contribution is 5.85. The molecule has 0 aliphatic rings. The largest absolute Gasteiger partial charge is 0.463 e. The van der Waals surface area contributed by atoms with E-state index in [-0.39, 0.29) is 18.4 Å². The van der Waals surface area contributed by atoms with Crippen LogP contribution in [-0.4, -0.2) is 19.6 Å². The quantitative estimate of drug-likeness (QED) is 0.525. The van der Waals surface area contributed by atoms with Crippen molar-refractivity contribution in [3.8, 4) is 0 Å². The molecule has 0 bridgehead atoms. The maximum absolute atomic E-state index is 10.2. The molecule has 0 atom stereocenters. The smallest absolute Gasteiger partial charge is 0.330 e. The molecule has 3 nitrogen and oxygen atoms in total. The van der Waals surface area contributed by atoms with Crippen LogP contribution in [0.5, 0.6) is 0 Å². The Labute approximate surface area is 74.0 Å². The number of hydrogen-bond donors (Lipinski definition) is 1. The predicted octanol–water partition coefficient (Wildman–Crippen LogP) is 1.12. The molecule has 0 aromatic rings. The van der Waals surface area contributed by atoms with Crippen LogP contribution in [0.2, 0.25) is 0 Å². The monoisotopic (exact) mass is 181 g/mol. The van der Waals surface area contributed by atoms with Gasteiger partial charge in [0.15, 0.2) is 0 Å². The van der Waals surface area contributed by atoms with E-state index in [2.05, 4.69) is 17.0 Å². The molecule has 4 heteroatoms. The van der Waals surface area contributed by atoms with Crippen LogP contribution < -0.4 is 5.73 Å². The fourth-order valence-corrected chi connectivity index (χ4v) is 0.262. The Morgan fingerprint density at radius 1 is 1.64 bits per heavy atom. The molecule has 11 heavy (non-hydrogen) atoms. The normalized spacial score (nSPS) is 6.45. The first-order chi connectivity index (χ1) is 4.81. The molecular formula is C7H16ClNO2. The molecule has 0 aromatic heterocycles. The molecule has 0 radical (unpaired) electrons. The first-order valence-corrected chi connectivity index (χ1v) is 3.18. The lowest BCUT2D eigenvalue weighted by Gasteiger charge is -1.94. The van der Waals surface area contributed by atoms with Crippen LogP contribution in [0.4, 0.5) is 0 Å². The average molecular weight is 182 g/mol. The highest BCUT2D eigenvalue weighted by Gasteiger charge is 1.89. The Kier molecular flexibility index (Phi) is 24.8. The zero-order valence-electron chi connectivity index (χ0n) is 7.00. The van der Waals surface area contributed by atoms with Gasteiger partial charge in [0.1, 0.15) is 0 Å². The second kappa shape index (κ2) is 16.2. The van der Waals surface area contributed by atoms with Crippen molar-refractivity contribution in [1.29, 1.82) is 0 Å². The average Bonchev–Trinajstić information content (AvgIpc) is 2.04. The van der Waals surface area contributed by atoms with E-state index >= 15 is 0 Å². The highest BCUT2D eigenvalue weighted by Crippen LogP contribution is 1.81. The highest BCUT2D eigenvalue weighted by atomic mass is 35.5. The van der Waals surface area contributed by atoms with Crippen molar-refractivity contribution in [2.24, 2.45) is 5.73 Å². The van der Waals surface area contributed by atoms with Crippen molar-refractivity contribution >= 4 is 18.4 Å². The van der Waals surface area contributed by atoms with Crippen LogP contribution in [-0.2, 0) is 9.53 Å². The third kappa shape index (κ3) is 17.7. The number of rotatable bonds is 3. The second-order valence-corrected chi connectivity index (χ2v) is 1.37. The van der Waals surface area contributed by atoms with Gasteiger partial charge in [-0.15, -0.1) is 12.4 Å². The van der Waals surface area contributed by atoms with E-state index in [1.54, 1.807) is 0 Å². The topological polar surface area (TPSA) is 52.3 Å². The summed E-state index contributed by atoms with van der Waals surface area (Å²) < 4.78 is 4.58. The third-order valence-electron chi connectivity index (χ3n) is 0.615. The van der Waals surface area contributed by atoms with Gasteiger partial charge in [-0.2, -0.15) is 0 Å². The number of esters is 1. The SMILES string of the molecule is C=CC(=O)OCCC.CN.Cl. The number of ether oxygens (including phenoxy) is 1. The molecule has 0 fully saturated rings. The minimum absolute atomic E-state index is 0. The molecule has 68 valence electrons. The molecule has 2 N–H and O–H groups in total. The Hall–Kier alpha value is -0.540. The maximum Gasteiger partial charge on any atom is 0.330 e. The lowest BCUT2D eigenvalue weighted by molar-refractivity contribution is -0.137. The minimum Gasteiger partial charge on any atom is -0.463 e. The molecule has 0 aliphatic heterocycles. The van der Waals surface area contributed by atoms with Crippen LogP contribution in [0.1, 0.15) is 13.3 Å². The molecule has 0 aliphatic carbocycles. The van der Waals surface area contributed by atoms with E-state index in [1.165, 1.54) is 7.05 Å². The minimum atomic E-state index is -0.341. The fraction of sp³-hybridized carbons (Fsp3) is 0.571. The standard InChI is InChI=1S/C6H10O2.CH5N.ClH/c1-3-5-8-6(7)4-2;1-2;/h4H,2-3,5H2,1H3;2H2,1H3;1H. The fourth-order valence-electron chi connectivity index (χ4n) is 0.262. The number of carbonyl (C=O) groups is 1. The zero-order chi connectivity index (χ0) is 8.41. The van der Waals surface area contributed by atoms with Crippen molar-refractivity contribution in [2.45, 2.75) is 13.3 Å². The van der Waals surface area contributed by atoms with Gasteiger partial charge in [0, 0.05) is 6.08 Å². The Morgan fingerprint density at radius 3 is 2.36 bits per heavy atom. The lowest BCUT2D eigenvalue weighted by Crippen LogP contribution is -1.99. The molecule has 0 unspecified atom stereocenters. The van der Waals surface area contributed by atoms with E-state index in [0.29, 0.717) is 6.61 Å². The van der Waals surface area contributed by atoms with Crippen molar-refractivity contribution in [3.05, 3.63) is 12.7 Å². The molecule has 0 saturated heterocycles. The maximum atomic E-state index is 10.2. The van der Waals surface area contributed by atoms with Gasteiger partial charge in [-0.25, -0.2) is 4.79 Å². The molecular weight excluding hydrogens is 166 g/mol. The van der Waals surface area contributed by atoms with Gasteiger partial charge >= 0.3 is 5.97 Å². The van der Waals surface area contributed by atoms with Crippen LogP contribution in [0.15, 0.2) is 12.7 Å². The van der Waals surface area contributed by atoms with E-state index in [0.717, 1.165) is 12.5 Å². The van der Waals surface area contributed by atoms with E-state index < -0.39 is 0 Å². The van der Waals surface area contributed by atoms with Crippen molar-refractivity contribution in [1.82, 2.24) is 0 Å². The van der Waals surface area contributed by atoms with Crippen molar-refractivity contribution < 1.29 is 9.53 Å². The molecule has 0 rings (SSSR count). The third-order valence-corrected chi connectivity index (χ3v) is 0.615. The van der Waals surface area contributed by atoms with Gasteiger partial charge in [0.2, 0.25) is 0 Å². The molecule has 0 saturated carbocycles. The summed E-state index contributed by atoms with van der Waals surface area (Å²) in [5, 5.41) is 0. The molecule has 0 aromatic carbocycles. The Bertz CT molecular complexity index is 96.4. The van der Waals surface area contributed by atoms with Crippen LogP contribution in [0, 0.1) is 0 Å². The number of carbonyl (C=O) groups excluding carboxylic acids is 1. The van der Waals surface area contributed by atoms with Crippen molar-refractivity contribution in [2.75, 3.05) is 13.7 Å². The van der Waals surface area contributed by atoms with Gasteiger partial charge in [0.25, 0.3) is 0 Å². The second-order valence-electron chi connectivity index (χ2n) is 1.37. The van der Waals surface area contributed by atoms with Crippen molar-refractivity contribution in [3.63, 3.8) is 0 Å². The molecule has 0 heterocycles. The molecule has 0 amide bonds. The first-order valence-electron chi connectivity index (χ1n) is 3.18. The summed E-state index contributed by atoms with van der Waals surface area (Å²) in [6, 6.07) is 0. The zero-order valence-corrected chi connectivity index (χ0v) is 7.82. The summed E-state index contributed by atoms with van der Waals surface area (Å²) in [5.41, 5.74) is 4.50. The van der Waals surface area contributed by atoms with E-state index in [9.17, 15) is 4.79 Å². The summed E-state index contributed by atoms with van der Waals surface area (Å²) >= 11 is 0. The summed E-state index contributed by atoms with van der Waals surface area (Å²) in [5.74, 6) is -0.341. The number of halogens is 1. The van der Waals surface area contributed by atoms with Crippen LogP contribution >= 0.6 is 12.4 Å². The molecule has 0 spiro atoms. The predicted molar refractivity (Wildman–Crippen MR) is 48.8 cm³/mol. The van der Waals surface area contributed by atoms with Gasteiger partial charge in [-0.3, -0.25) is 0 Å². The first kappa shape index (κ1) is 16.8.